The summed E-state index contributed by atoms with van der Waals surface area (Å²) in [4.78, 5) is 0. The van der Waals surface area contributed by atoms with E-state index in [1.54, 1.807) is 0 Å². The number of aliphatic hydroxyl groups is 1. The molecule has 1 saturated carbocycles. The maximum Gasteiger partial charge on any atom is 0.119 e. The van der Waals surface area contributed by atoms with Crippen molar-refractivity contribution >= 4 is 0 Å². The third kappa shape index (κ3) is 2.96. The Bertz CT molecular complexity index is 284. The van der Waals surface area contributed by atoms with Gasteiger partial charge in [-0.2, -0.15) is 0 Å². The van der Waals surface area contributed by atoms with Gasteiger partial charge in [0.15, 0.2) is 0 Å². The molecular weight excluding hydrogens is 188 g/mol. The van der Waals surface area contributed by atoms with E-state index in [4.69, 9.17) is 9.84 Å². The van der Waals surface area contributed by atoms with E-state index in [0.717, 1.165) is 25.0 Å². The zero-order chi connectivity index (χ0) is 10.5. The van der Waals surface area contributed by atoms with Crippen molar-refractivity contribution in [2.75, 3.05) is 6.61 Å². The van der Waals surface area contributed by atoms with Crippen LogP contribution in [0.5, 0.6) is 5.75 Å². The highest BCUT2D eigenvalue weighted by molar-refractivity contribution is 5.21. The first-order chi connectivity index (χ1) is 7.38. The summed E-state index contributed by atoms with van der Waals surface area (Å²) in [6, 6.07) is 9.94. The molecule has 0 amide bonds. The molecule has 1 fully saturated rings. The van der Waals surface area contributed by atoms with Crippen LogP contribution < -0.4 is 4.74 Å². The standard InChI is InChI=1S/C13H18O2/c14-10-11-5-4-8-13(9-11)15-12-6-2-1-3-7-12/h1-3,6-7,11,13-14H,4-5,8-10H2. The third-order valence-corrected chi connectivity index (χ3v) is 3.04. The lowest BCUT2D eigenvalue weighted by molar-refractivity contribution is 0.0926. The molecule has 0 spiro atoms. The second-order valence-corrected chi connectivity index (χ2v) is 4.27. The van der Waals surface area contributed by atoms with Crippen molar-refractivity contribution in [1.82, 2.24) is 0 Å². The smallest absolute Gasteiger partial charge is 0.119 e. The van der Waals surface area contributed by atoms with E-state index < -0.39 is 0 Å². The van der Waals surface area contributed by atoms with Crippen molar-refractivity contribution in [1.29, 1.82) is 0 Å². The Labute approximate surface area is 90.9 Å². The summed E-state index contributed by atoms with van der Waals surface area (Å²) in [5, 5.41) is 9.12. The van der Waals surface area contributed by atoms with Crippen molar-refractivity contribution < 1.29 is 9.84 Å². The van der Waals surface area contributed by atoms with Gasteiger partial charge in [-0.15, -0.1) is 0 Å². The Morgan fingerprint density at radius 1 is 1.20 bits per heavy atom. The van der Waals surface area contributed by atoms with E-state index in [1.807, 2.05) is 30.3 Å². The van der Waals surface area contributed by atoms with E-state index in [-0.39, 0.29) is 0 Å². The topological polar surface area (TPSA) is 29.5 Å². The summed E-state index contributed by atoms with van der Waals surface area (Å²) in [6.45, 7) is 0.300. The second-order valence-electron chi connectivity index (χ2n) is 4.27. The van der Waals surface area contributed by atoms with Gasteiger partial charge in [-0.1, -0.05) is 18.2 Å². The predicted octanol–water partition coefficient (Wildman–Crippen LogP) is 2.62. The van der Waals surface area contributed by atoms with Gasteiger partial charge >= 0.3 is 0 Å². The minimum Gasteiger partial charge on any atom is -0.490 e. The maximum absolute atomic E-state index is 9.12. The molecule has 2 rings (SSSR count). The fourth-order valence-electron chi connectivity index (χ4n) is 2.21. The van der Waals surface area contributed by atoms with Gasteiger partial charge in [0.25, 0.3) is 0 Å². The van der Waals surface area contributed by atoms with Crippen LogP contribution in [0.2, 0.25) is 0 Å². The summed E-state index contributed by atoms with van der Waals surface area (Å²) >= 11 is 0. The van der Waals surface area contributed by atoms with Gasteiger partial charge in [0, 0.05) is 6.61 Å². The van der Waals surface area contributed by atoms with E-state index >= 15 is 0 Å². The minimum atomic E-state index is 0.290. The highest BCUT2D eigenvalue weighted by Crippen LogP contribution is 2.27. The lowest BCUT2D eigenvalue weighted by atomic mass is 9.88. The quantitative estimate of drug-likeness (QED) is 0.823. The first-order valence-electron chi connectivity index (χ1n) is 5.71. The molecule has 1 aromatic rings. The number of aliphatic hydroxyl groups excluding tert-OH is 1. The van der Waals surface area contributed by atoms with Crippen molar-refractivity contribution in [2.24, 2.45) is 5.92 Å². The summed E-state index contributed by atoms with van der Waals surface area (Å²) < 4.78 is 5.88. The molecule has 2 nitrogen and oxygen atoms in total. The second kappa shape index (κ2) is 5.17. The number of benzene rings is 1. The van der Waals surface area contributed by atoms with Crippen LogP contribution in [-0.4, -0.2) is 17.8 Å². The number of hydrogen-bond donors (Lipinski definition) is 1. The molecule has 0 bridgehead atoms. The summed E-state index contributed by atoms with van der Waals surface area (Å²) in [5.41, 5.74) is 0. The van der Waals surface area contributed by atoms with Crippen molar-refractivity contribution in [3.05, 3.63) is 30.3 Å². The number of rotatable bonds is 3. The average Bonchev–Trinajstić information content (AvgIpc) is 2.31. The Hall–Kier alpha value is -1.02. The molecule has 2 unspecified atom stereocenters. The number of hydrogen-bond acceptors (Lipinski definition) is 2. The van der Waals surface area contributed by atoms with E-state index in [9.17, 15) is 0 Å². The van der Waals surface area contributed by atoms with Crippen LogP contribution in [-0.2, 0) is 0 Å². The first kappa shape index (κ1) is 10.5. The molecule has 2 heteroatoms. The van der Waals surface area contributed by atoms with Gasteiger partial charge in [-0.3, -0.25) is 0 Å². The van der Waals surface area contributed by atoms with E-state index in [0.29, 0.717) is 18.6 Å². The minimum absolute atomic E-state index is 0.290. The SMILES string of the molecule is OCC1CCCC(Oc2ccccc2)C1. The monoisotopic (exact) mass is 206 g/mol. The van der Waals surface area contributed by atoms with Crippen LogP contribution in [0.3, 0.4) is 0 Å². The molecule has 0 radical (unpaired) electrons. The molecule has 0 heterocycles. The lowest BCUT2D eigenvalue weighted by Gasteiger charge is -2.28. The molecule has 1 aromatic carbocycles. The van der Waals surface area contributed by atoms with Gasteiger partial charge in [0.05, 0.1) is 6.10 Å². The Kier molecular flexibility index (Phi) is 3.62. The van der Waals surface area contributed by atoms with E-state index in [2.05, 4.69) is 0 Å². The van der Waals surface area contributed by atoms with Crippen LogP contribution in [0.1, 0.15) is 25.7 Å². The van der Waals surface area contributed by atoms with Crippen LogP contribution in [0.25, 0.3) is 0 Å². The fraction of sp³-hybridized carbons (Fsp3) is 0.538. The highest BCUT2D eigenvalue weighted by atomic mass is 16.5. The molecule has 15 heavy (non-hydrogen) atoms. The lowest BCUT2D eigenvalue weighted by Crippen LogP contribution is -2.26. The molecule has 0 saturated heterocycles. The molecule has 0 aromatic heterocycles. The normalized spacial score (nSPS) is 26.2. The molecule has 1 aliphatic rings. The van der Waals surface area contributed by atoms with Gasteiger partial charge in [0.1, 0.15) is 5.75 Å². The molecular formula is C13H18O2. The van der Waals surface area contributed by atoms with E-state index in [1.165, 1.54) is 6.42 Å². The zero-order valence-corrected chi connectivity index (χ0v) is 8.93. The van der Waals surface area contributed by atoms with Crippen molar-refractivity contribution in [3.8, 4) is 5.75 Å². The first-order valence-corrected chi connectivity index (χ1v) is 5.71. The van der Waals surface area contributed by atoms with Gasteiger partial charge in [-0.05, 0) is 43.7 Å². The summed E-state index contributed by atoms with van der Waals surface area (Å²) in [6.07, 6.45) is 4.71. The van der Waals surface area contributed by atoms with Crippen LogP contribution >= 0.6 is 0 Å². The van der Waals surface area contributed by atoms with Crippen LogP contribution in [0.4, 0.5) is 0 Å². The maximum atomic E-state index is 9.12. The van der Waals surface area contributed by atoms with Crippen molar-refractivity contribution in [2.45, 2.75) is 31.8 Å². The molecule has 82 valence electrons. The van der Waals surface area contributed by atoms with Gasteiger partial charge in [0.2, 0.25) is 0 Å². The summed E-state index contributed by atoms with van der Waals surface area (Å²) in [7, 11) is 0. The molecule has 1 N–H and O–H groups in total. The van der Waals surface area contributed by atoms with Crippen molar-refractivity contribution in [3.63, 3.8) is 0 Å². The van der Waals surface area contributed by atoms with Gasteiger partial charge < -0.3 is 9.84 Å². The number of ether oxygens (including phenoxy) is 1. The van der Waals surface area contributed by atoms with Crippen LogP contribution in [0.15, 0.2) is 30.3 Å². The third-order valence-electron chi connectivity index (χ3n) is 3.04. The summed E-state index contributed by atoms with van der Waals surface area (Å²) in [5.74, 6) is 1.38. The molecule has 1 aliphatic carbocycles. The Morgan fingerprint density at radius 2 is 2.00 bits per heavy atom. The van der Waals surface area contributed by atoms with Gasteiger partial charge in [-0.25, -0.2) is 0 Å². The van der Waals surface area contributed by atoms with Crippen LogP contribution in [0, 0.1) is 5.92 Å². The Balaban J connectivity index is 1.89. The largest absolute Gasteiger partial charge is 0.490 e. The average molecular weight is 206 g/mol. The highest BCUT2D eigenvalue weighted by Gasteiger charge is 2.22. The predicted molar refractivity (Wildman–Crippen MR) is 59.9 cm³/mol. The molecule has 0 aliphatic heterocycles. The number of para-hydroxylation sites is 1. The Morgan fingerprint density at radius 3 is 2.73 bits per heavy atom. The molecule has 2 atom stereocenters. The zero-order valence-electron chi connectivity index (χ0n) is 8.93. The fourth-order valence-corrected chi connectivity index (χ4v) is 2.21.